The number of benzene rings is 3. The van der Waals surface area contributed by atoms with Gasteiger partial charge in [-0.25, -0.2) is 0 Å². The number of carbonyl (C=O) groups excluding carboxylic acids is 1. The number of methoxy groups -OCH3 is 1. The fourth-order valence-electron chi connectivity index (χ4n) is 4.35. The number of carboxylic acid groups (broad SMARTS) is 1. The Hall–Kier alpha value is -3.74. The molecule has 0 saturated carbocycles. The Balaban J connectivity index is 1.54. The summed E-state index contributed by atoms with van der Waals surface area (Å²) < 4.78 is 39.8. The first-order chi connectivity index (χ1) is 16.2. The number of ketones is 1. The van der Waals surface area contributed by atoms with Gasteiger partial charge in [0.2, 0.25) is 0 Å². The lowest BCUT2D eigenvalue weighted by atomic mass is 9.79. The normalized spacial score (nSPS) is 14.3. The smallest absolute Gasteiger partial charge is 0.310 e. The van der Waals surface area contributed by atoms with Crippen LogP contribution in [-0.2, 0) is 23.6 Å². The Bertz CT molecular complexity index is 1180. The van der Waals surface area contributed by atoms with Crippen LogP contribution in [0.5, 0.6) is 11.5 Å². The van der Waals surface area contributed by atoms with Crippen molar-refractivity contribution in [1.29, 1.82) is 0 Å². The fraction of sp³-hybridized carbons (Fsp3) is 0.259. The lowest BCUT2D eigenvalue weighted by Gasteiger charge is -2.23. The van der Waals surface area contributed by atoms with E-state index < -0.39 is 29.7 Å². The summed E-state index contributed by atoms with van der Waals surface area (Å²) in [5.74, 6) is -4.51. The average Bonchev–Trinajstić information content (AvgIpc) is 3.22. The third-order valence-corrected chi connectivity index (χ3v) is 6.22. The molecule has 176 valence electrons. The Morgan fingerprint density at radius 1 is 0.941 bits per heavy atom. The number of aliphatic carboxylic acids is 1. The molecule has 0 unspecified atom stereocenters. The van der Waals surface area contributed by atoms with Crippen molar-refractivity contribution in [2.24, 2.45) is 5.41 Å². The first-order valence-corrected chi connectivity index (χ1v) is 10.8. The largest absolute Gasteiger partial charge is 0.493 e. The topological polar surface area (TPSA) is 72.8 Å². The lowest BCUT2D eigenvalue weighted by Crippen LogP contribution is -2.34. The summed E-state index contributed by atoms with van der Waals surface area (Å²) in [6, 6.07) is 19.0. The Morgan fingerprint density at radius 2 is 1.56 bits per heavy atom. The maximum absolute atomic E-state index is 14.6. The molecule has 34 heavy (non-hydrogen) atoms. The predicted molar refractivity (Wildman–Crippen MR) is 122 cm³/mol. The Kier molecular flexibility index (Phi) is 6.37. The van der Waals surface area contributed by atoms with Crippen molar-refractivity contribution in [1.82, 2.24) is 0 Å². The molecule has 1 aliphatic rings. The molecule has 0 bridgehead atoms. The quantitative estimate of drug-likeness (QED) is 0.433. The van der Waals surface area contributed by atoms with Gasteiger partial charge in [-0.3, -0.25) is 9.59 Å². The van der Waals surface area contributed by atoms with Gasteiger partial charge in [-0.1, -0.05) is 54.6 Å². The highest BCUT2D eigenvalue weighted by atomic mass is 19.3. The number of carbonyl (C=O) groups is 2. The van der Waals surface area contributed by atoms with E-state index in [1.165, 1.54) is 49.6 Å². The number of rotatable bonds is 9. The van der Waals surface area contributed by atoms with Gasteiger partial charge in [-0.2, -0.15) is 8.78 Å². The molecule has 3 aromatic carbocycles. The Labute approximate surface area is 195 Å². The summed E-state index contributed by atoms with van der Waals surface area (Å²) >= 11 is 0. The number of halogens is 2. The maximum atomic E-state index is 14.6. The van der Waals surface area contributed by atoms with Gasteiger partial charge in [-0.05, 0) is 42.2 Å². The zero-order chi connectivity index (χ0) is 24.3. The van der Waals surface area contributed by atoms with Crippen molar-refractivity contribution < 1.29 is 33.0 Å². The number of fused-ring (bicyclic) bond motifs is 1. The van der Waals surface area contributed by atoms with Crippen molar-refractivity contribution >= 4 is 11.8 Å². The summed E-state index contributed by atoms with van der Waals surface area (Å²) in [6.45, 7) is -0.945. The minimum Gasteiger partial charge on any atom is -0.493 e. The minimum atomic E-state index is -3.25. The molecule has 0 heterocycles. The first-order valence-electron chi connectivity index (χ1n) is 10.8. The summed E-state index contributed by atoms with van der Waals surface area (Å²) in [7, 11) is 1.37. The second-order valence-electron chi connectivity index (χ2n) is 8.53. The molecule has 0 saturated heterocycles. The molecule has 7 heteroatoms. The molecule has 0 aromatic heterocycles. The monoisotopic (exact) mass is 466 g/mol. The average molecular weight is 466 g/mol. The van der Waals surface area contributed by atoms with E-state index in [4.69, 9.17) is 9.47 Å². The van der Waals surface area contributed by atoms with Gasteiger partial charge in [0.15, 0.2) is 23.9 Å². The number of Topliss-reactive ketones (excluding diaryl/α,β-unsaturated/α-hetero) is 1. The number of alkyl halides is 2. The van der Waals surface area contributed by atoms with E-state index in [0.29, 0.717) is 0 Å². The molecule has 5 nitrogen and oxygen atoms in total. The van der Waals surface area contributed by atoms with E-state index >= 15 is 0 Å². The van der Waals surface area contributed by atoms with Crippen molar-refractivity contribution in [2.75, 3.05) is 13.7 Å². The highest BCUT2D eigenvalue weighted by Crippen LogP contribution is 2.41. The predicted octanol–water partition coefficient (Wildman–Crippen LogP) is 5.31. The molecule has 3 aromatic rings. The van der Waals surface area contributed by atoms with E-state index in [-0.39, 0.29) is 41.9 Å². The van der Waals surface area contributed by atoms with Crippen molar-refractivity contribution in [2.45, 2.75) is 25.2 Å². The van der Waals surface area contributed by atoms with E-state index in [0.717, 1.165) is 11.1 Å². The molecule has 1 N–H and O–H groups in total. The molecule has 0 amide bonds. The van der Waals surface area contributed by atoms with Gasteiger partial charge in [0.1, 0.15) is 0 Å². The van der Waals surface area contributed by atoms with E-state index in [1.807, 2.05) is 24.3 Å². The molecule has 0 aliphatic heterocycles. The maximum Gasteiger partial charge on any atom is 0.310 e. The minimum absolute atomic E-state index is 0.0111. The summed E-state index contributed by atoms with van der Waals surface area (Å²) in [5.41, 5.74) is 0.571. The molecule has 0 fully saturated rings. The van der Waals surface area contributed by atoms with Gasteiger partial charge < -0.3 is 14.6 Å². The molecule has 4 rings (SSSR count). The SMILES string of the molecule is COc1ccc(C(=O)CC2(C(=O)O)Cc3ccccc3C2)cc1OCC(F)(F)c1ccccc1. The molecule has 1 aliphatic carbocycles. The van der Waals surface area contributed by atoms with Crippen molar-refractivity contribution in [3.8, 4) is 11.5 Å². The van der Waals surface area contributed by atoms with Crippen molar-refractivity contribution in [3.63, 3.8) is 0 Å². The van der Waals surface area contributed by atoms with Gasteiger partial charge in [-0.15, -0.1) is 0 Å². The molecule has 0 spiro atoms. The van der Waals surface area contributed by atoms with E-state index in [2.05, 4.69) is 0 Å². The lowest BCUT2D eigenvalue weighted by molar-refractivity contribution is -0.148. The number of hydrogen-bond donors (Lipinski definition) is 1. The molecular formula is C27H24F2O5. The van der Waals surface area contributed by atoms with Gasteiger partial charge in [0.05, 0.1) is 12.5 Å². The number of hydrogen-bond acceptors (Lipinski definition) is 4. The first kappa shape index (κ1) is 23.4. The van der Waals surface area contributed by atoms with Crippen LogP contribution in [0.1, 0.15) is 33.5 Å². The zero-order valence-electron chi connectivity index (χ0n) is 18.6. The van der Waals surface area contributed by atoms with Crippen LogP contribution in [0.15, 0.2) is 72.8 Å². The molecular weight excluding hydrogens is 442 g/mol. The third-order valence-electron chi connectivity index (χ3n) is 6.22. The van der Waals surface area contributed by atoms with Crippen LogP contribution < -0.4 is 9.47 Å². The number of ether oxygens (including phenoxy) is 2. The van der Waals surface area contributed by atoms with Crippen molar-refractivity contribution in [3.05, 3.63) is 95.1 Å². The van der Waals surface area contributed by atoms with Gasteiger partial charge in [0.25, 0.3) is 0 Å². The second-order valence-corrected chi connectivity index (χ2v) is 8.53. The van der Waals surface area contributed by atoms with Gasteiger partial charge >= 0.3 is 11.9 Å². The van der Waals surface area contributed by atoms with E-state index in [1.54, 1.807) is 6.07 Å². The van der Waals surface area contributed by atoms with Crippen LogP contribution in [0.3, 0.4) is 0 Å². The zero-order valence-corrected chi connectivity index (χ0v) is 18.6. The van der Waals surface area contributed by atoms with Crippen LogP contribution in [0.4, 0.5) is 8.78 Å². The highest BCUT2D eigenvalue weighted by molar-refractivity contribution is 5.99. The fourth-order valence-corrected chi connectivity index (χ4v) is 4.35. The van der Waals surface area contributed by atoms with Crippen LogP contribution in [0.25, 0.3) is 0 Å². The van der Waals surface area contributed by atoms with E-state index in [9.17, 15) is 23.5 Å². The van der Waals surface area contributed by atoms with Crippen LogP contribution in [0, 0.1) is 5.41 Å². The summed E-state index contributed by atoms with van der Waals surface area (Å²) in [4.78, 5) is 25.3. The van der Waals surface area contributed by atoms with Crippen LogP contribution in [-0.4, -0.2) is 30.6 Å². The number of carboxylic acids is 1. The van der Waals surface area contributed by atoms with Gasteiger partial charge in [0, 0.05) is 17.5 Å². The van der Waals surface area contributed by atoms with Crippen LogP contribution >= 0.6 is 0 Å². The molecule has 0 radical (unpaired) electrons. The second kappa shape index (κ2) is 9.25. The third kappa shape index (κ3) is 4.64. The summed E-state index contributed by atoms with van der Waals surface area (Å²) in [5, 5.41) is 9.97. The Morgan fingerprint density at radius 3 is 2.15 bits per heavy atom. The summed E-state index contributed by atoms with van der Waals surface area (Å²) in [6.07, 6.45) is 0.295. The molecule has 0 atom stereocenters. The highest BCUT2D eigenvalue weighted by Gasteiger charge is 2.45. The van der Waals surface area contributed by atoms with Crippen LogP contribution in [0.2, 0.25) is 0 Å². The standard InChI is InChI=1S/C27H24F2O5/c1-33-23-12-11-18(13-24(23)34-17-27(28,29)21-9-3-2-4-10-21)22(30)16-26(25(31)32)14-19-7-5-6-8-20(19)15-26/h2-13H,14-17H2,1H3,(H,31,32).